The molecule has 0 aromatic heterocycles. The highest BCUT2D eigenvalue weighted by atomic mass is 32.2. The molecule has 1 atom stereocenters. The van der Waals surface area contributed by atoms with Crippen molar-refractivity contribution in [2.45, 2.75) is 25.6 Å². The number of hydrogen-bond acceptors (Lipinski definition) is 3. The van der Waals surface area contributed by atoms with Gasteiger partial charge in [-0.1, -0.05) is 12.1 Å². The van der Waals surface area contributed by atoms with Crippen molar-refractivity contribution in [2.75, 3.05) is 27.2 Å². The number of carbonyl (C=O) groups is 1. The third kappa shape index (κ3) is 4.95. The van der Waals surface area contributed by atoms with Gasteiger partial charge in [0.05, 0.1) is 11.5 Å². The molecule has 0 spiro atoms. The Hall–Kier alpha value is -1.65. The van der Waals surface area contributed by atoms with E-state index in [-0.39, 0.29) is 19.0 Å². The van der Waals surface area contributed by atoms with Crippen LogP contribution in [0.2, 0.25) is 0 Å². The normalized spacial score (nSPS) is 19.5. The van der Waals surface area contributed by atoms with E-state index in [4.69, 9.17) is 0 Å². The fraction of sp³-hybridized carbons (Fsp3) is 0.562. The van der Waals surface area contributed by atoms with Gasteiger partial charge in [-0.2, -0.15) is 30.2 Å². The van der Waals surface area contributed by atoms with E-state index in [0.717, 1.165) is 16.4 Å². The van der Waals surface area contributed by atoms with Crippen LogP contribution in [-0.2, 0) is 27.7 Å². The fourth-order valence-electron chi connectivity index (χ4n) is 2.79. The summed E-state index contributed by atoms with van der Waals surface area (Å²) < 4.78 is 64.9. The van der Waals surface area contributed by atoms with Gasteiger partial charge in [-0.05, 0) is 30.5 Å². The van der Waals surface area contributed by atoms with E-state index in [1.165, 1.54) is 30.5 Å². The summed E-state index contributed by atoms with van der Waals surface area (Å²) in [4.78, 5) is 12.3. The lowest BCUT2D eigenvalue weighted by Crippen LogP contribution is -2.48. The second-order valence-electron chi connectivity index (χ2n) is 6.40. The minimum absolute atomic E-state index is 0.0420. The van der Waals surface area contributed by atoms with Crippen LogP contribution in [0.15, 0.2) is 24.3 Å². The third-order valence-electron chi connectivity index (χ3n) is 4.26. The molecule has 26 heavy (non-hydrogen) atoms. The van der Waals surface area contributed by atoms with Gasteiger partial charge < -0.3 is 5.32 Å². The van der Waals surface area contributed by atoms with Crippen LogP contribution in [0.5, 0.6) is 0 Å². The summed E-state index contributed by atoms with van der Waals surface area (Å²) in [6, 6.07) is 4.75. The van der Waals surface area contributed by atoms with Gasteiger partial charge in [0.15, 0.2) is 0 Å². The molecule has 1 aliphatic rings. The van der Waals surface area contributed by atoms with E-state index >= 15 is 0 Å². The van der Waals surface area contributed by atoms with E-state index < -0.39 is 27.9 Å². The monoisotopic (exact) mass is 393 g/mol. The standard InChI is InChI=1S/C16H22F3N3O3S/c1-21(2)26(24,25)22-8-4-6-13(11-22)15(23)20-10-12-5-3-7-14(9-12)16(17,18)19/h3,5,7,9,13H,4,6,8,10-11H2,1-2H3,(H,20,23). The van der Waals surface area contributed by atoms with Gasteiger partial charge in [-0.3, -0.25) is 4.79 Å². The molecule has 0 radical (unpaired) electrons. The lowest BCUT2D eigenvalue weighted by atomic mass is 9.98. The van der Waals surface area contributed by atoms with Gasteiger partial charge >= 0.3 is 6.18 Å². The molecule has 6 nitrogen and oxygen atoms in total. The molecule has 10 heteroatoms. The number of rotatable bonds is 5. The summed E-state index contributed by atoms with van der Waals surface area (Å²) >= 11 is 0. The Morgan fingerprint density at radius 2 is 2.04 bits per heavy atom. The number of hydrogen-bond donors (Lipinski definition) is 1. The number of benzene rings is 1. The number of piperidine rings is 1. The lowest BCUT2D eigenvalue weighted by molar-refractivity contribution is -0.137. The second kappa shape index (κ2) is 7.93. The van der Waals surface area contributed by atoms with Crippen LogP contribution in [0, 0.1) is 5.92 Å². The molecule has 0 bridgehead atoms. The largest absolute Gasteiger partial charge is 0.416 e. The molecule has 0 saturated carbocycles. The summed E-state index contributed by atoms with van der Waals surface area (Å²) in [5, 5.41) is 2.61. The zero-order valence-electron chi connectivity index (χ0n) is 14.6. The maximum Gasteiger partial charge on any atom is 0.416 e. The summed E-state index contributed by atoms with van der Waals surface area (Å²) in [7, 11) is -0.747. The van der Waals surface area contributed by atoms with Crippen LogP contribution in [-0.4, -0.2) is 50.1 Å². The smallest absolute Gasteiger partial charge is 0.352 e. The Morgan fingerprint density at radius 1 is 1.35 bits per heavy atom. The molecule has 0 aliphatic carbocycles. The molecule has 2 rings (SSSR count). The van der Waals surface area contributed by atoms with E-state index in [1.54, 1.807) is 0 Å². The highest BCUT2D eigenvalue weighted by molar-refractivity contribution is 7.86. The van der Waals surface area contributed by atoms with E-state index in [0.29, 0.717) is 24.9 Å². The van der Waals surface area contributed by atoms with Crippen LogP contribution in [0.3, 0.4) is 0 Å². The van der Waals surface area contributed by atoms with Gasteiger partial charge in [0.1, 0.15) is 0 Å². The van der Waals surface area contributed by atoms with Crippen LogP contribution >= 0.6 is 0 Å². The average Bonchev–Trinajstić information content (AvgIpc) is 2.59. The Labute approximate surface area is 151 Å². The zero-order chi connectivity index (χ0) is 19.5. The molecule has 1 heterocycles. The van der Waals surface area contributed by atoms with Crippen LogP contribution in [0.4, 0.5) is 13.2 Å². The van der Waals surface area contributed by atoms with Crippen molar-refractivity contribution in [3.8, 4) is 0 Å². The van der Waals surface area contributed by atoms with Crippen molar-refractivity contribution in [3.05, 3.63) is 35.4 Å². The van der Waals surface area contributed by atoms with Crippen molar-refractivity contribution >= 4 is 16.1 Å². The van der Waals surface area contributed by atoms with Crippen LogP contribution < -0.4 is 5.32 Å². The van der Waals surface area contributed by atoms with Crippen molar-refractivity contribution in [2.24, 2.45) is 5.92 Å². The van der Waals surface area contributed by atoms with Gasteiger partial charge in [-0.25, -0.2) is 0 Å². The number of alkyl halides is 3. The summed E-state index contributed by atoms with van der Waals surface area (Å²) in [6.45, 7) is 0.368. The van der Waals surface area contributed by atoms with Crippen LogP contribution in [0.1, 0.15) is 24.0 Å². The summed E-state index contributed by atoms with van der Waals surface area (Å²) in [5.41, 5.74) is -0.438. The Balaban J connectivity index is 1.98. The molecular weight excluding hydrogens is 371 g/mol. The molecule has 1 aliphatic heterocycles. The lowest BCUT2D eigenvalue weighted by Gasteiger charge is -2.32. The number of nitrogens with one attached hydrogen (secondary N) is 1. The van der Waals surface area contributed by atoms with Gasteiger partial charge in [-0.15, -0.1) is 0 Å². The summed E-state index contributed by atoms with van der Waals surface area (Å²) in [5.74, 6) is -0.884. The van der Waals surface area contributed by atoms with E-state index in [9.17, 15) is 26.4 Å². The first-order chi connectivity index (χ1) is 12.0. The average molecular weight is 393 g/mol. The first kappa shape index (κ1) is 20.7. The molecule has 1 unspecified atom stereocenters. The fourth-order valence-corrected chi connectivity index (χ4v) is 3.98. The maximum absolute atomic E-state index is 12.7. The molecule has 1 N–H and O–H groups in total. The minimum atomic E-state index is -4.44. The SMILES string of the molecule is CN(C)S(=O)(=O)N1CCCC(C(=O)NCc2cccc(C(F)(F)F)c2)C1. The van der Waals surface area contributed by atoms with Crippen molar-refractivity contribution in [3.63, 3.8) is 0 Å². The number of carbonyl (C=O) groups excluding carboxylic acids is 1. The molecule has 1 saturated heterocycles. The van der Waals surface area contributed by atoms with Gasteiger partial charge in [0.25, 0.3) is 10.2 Å². The summed E-state index contributed by atoms with van der Waals surface area (Å²) in [6.07, 6.45) is -3.35. The van der Waals surface area contributed by atoms with Crippen molar-refractivity contribution in [1.82, 2.24) is 13.9 Å². The molecular formula is C16H22F3N3O3S. The maximum atomic E-state index is 12.7. The zero-order valence-corrected chi connectivity index (χ0v) is 15.4. The number of halogens is 3. The minimum Gasteiger partial charge on any atom is -0.352 e. The molecule has 146 valence electrons. The predicted molar refractivity (Wildman–Crippen MR) is 90.2 cm³/mol. The first-order valence-electron chi connectivity index (χ1n) is 8.13. The predicted octanol–water partition coefficient (Wildman–Crippen LogP) is 1.84. The highest BCUT2D eigenvalue weighted by Gasteiger charge is 2.33. The van der Waals surface area contributed by atoms with Gasteiger partial charge in [0.2, 0.25) is 5.91 Å². The van der Waals surface area contributed by atoms with E-state index in [2.05, 4.69) is 5.32 Å². The van der Waals surface area contributed by atoms with Crippen molar-refractivity contribution in [1.29, 1.82) is 0 Å². The quantitative estimate of drug-likeness (QED) is 0.830. The van der Waals surface area contributed by atoms with E-state index in [1.807, 2.05) is 0 Å². The first-order valence-corrected chi connectivity index (χ1v) is 9.53. The molecule has 1 fully saturated rings. The molecule has 1 amide bonds. The number of nitrogens with zero attached hydrogens (tertiary/aromatic N) is 2. The molecule has 1 aromatic carbocycles. The van der Waals surface area contributed by atoms with Gasteiger partial charge in [0, 0.05) is 33.7 Å². The Morgan fingerprint density at radius 3 is 2.65 bits per heavy atom. The Kier molecular flexibility index (Phi) is 6.30. The number of amides is 1. The molecule has 1 aromatic rings. The van der Waals surface area contributed by atoms with Crippen molar-refractivity contribution < 1.29 is 26.4 Å². The third-order valence-corrected chi connectivity index (χ3v) is 6.17. The topological polar surface area (TPSA) is 69.7 Å². The van der Waals surface area contributed by atoms with Crippen LogP contribution in [0.25, 0.3) is 0 Å². The Bertz CT molecular complexity index is 751. The second-order valence-corrected chi connectivity index (χ2v) is 8.55. The highest BCUT2D eigenvalue weighted by Crippen LogP contribution is 2.29.